The summed E-state index contributed by atoms with van der Waals surface area (Å²) >= 11 is 1.86. The number of anilines is 2. The van der Waals surface area contributed by atoms with Crippen molar-refractivity contribution in [3.63, 3.8) is 0 Å². The molecule has 3 aromatic heterocycles. The van der Waals surface area contributed by atoms with E-state index in [1.807, 2.05) is 11.3 Å². The molecule has 43 heavy (non-hydrogen) atoms. The molecule has 0 amide bonds. The summed E-state index contributed by atoms with van der Waals surface area (Å²) in [6, 6.07) is 39.5. The number of nitrogens with one attached hydrogen (secondary N) is 2. The molecule has 1 aliphatic heterocycles. The van der Waals surface area contributed by atoms with E-state index in [0.717, 1.165) is 37.1 Å². The molecule has 206 valence electrons. The first kappa shape index (κ1) is 24.8. The lowest BCUT2D eigenvalue weighted by molar-refractivity contribution is 0.646. The summed E-state index contributed by atoms with van der Waals surface area (Å²) in [5.41, 5.74) is 12.2. The van der Waals surface area contributed by atoms with E-state index < -0.39 is 0 Å². The molecule has 0 saturated carbocycles. The van der Waals surface area contributed by atoms with Crippen molar-refractivity contribution in [2.45, 2.75) is 25.6 Å². The molecule has 0 saturated heterocycles. The Morgan fingerprint density at radius 1 is 0.791 bits per heavy atom. The van der Waals surface area contributed by atoms with Crippen LogP contribution in [0.2, 0.25) is 0 Å². The Morgan fingerprint density at radius 2 is 1.58 bits per heavy atom. The maximum Gasteiger partial charge on any atom is 0.213 e. The van der Waals surface area contributed by atoms with Gasteiger partial charge in [0.05, 0.1) is 11.3 Å². The van der Waals surface area contributed by atoms with Crippen LogP contribution >= 0.6 is 11.3 Å². The van der Waals surface area contributed by atoms with Crippen LogP contribution in [0.4, 0.5) is 11.4 Å². The van der Waals surface area contributed by atoms with Gasteiger partial charge in [-0.25, -0.2) is 0 Å². The van der Waals surface area contributed by atoms with Crippen LogP contribution in [-0.4, -0.2) is 12.3 Å². The predicted octanol–water partition coefficient (Wildman–Crippen LogP) is 9.75. The second-order valence-corrected chi connectivity index (χ2v) is 13.0. The minimum Gasteiger partial charge on any atom is -0.471 e. The summed E-state index contributed by atoms with van der Waals surface area (Å²) < 4.78 is 9.11. The number of benzene rings is 5. The third-order valence-corrected chi connectivity index (χ3v) is 10.3. The molecule has 4 heterocycles. The SMILES string of the molecule is Cc1ccc2c(c1)-c1c(oc3ccccc13)BC2CCc1[nH]c2ccccc2c1Nc1ccc2sc3ccccc3c2c1. The molecular formula is C38H29BN2OS. The zero-order valence-electron chi connectivity index (χ0n) is 23.9. The first-order valence-electron chi connectivity index (χ1n) is 15.1. The number of para-hydroxylation sites is 2. The summed E-state index contributed by atoms with van der Waals surface area (Å²) in [5.74, 6) is 0.386. The number of aromatic nitrogens is 1. The van der Waals surface area contributed by atoms with E-state index in [2.05, 4.69) is 126 Å². The Bertz CT molecular complexity index is 2340. The molecular weight excluding hydrogens is 543 g/mol. The maximum absolute atomic E-state index is 6.46. The van der Waals surface area contributed by atoms with Gasteiger partial charge in [-0.15, -0.1) is 11.3 Å². The summed E-state index contributed by atoms with van der Waals surface area (Å²) in [4.78, 5) is 3.78. The fraction of sp³-hybridized carbons (Fsp3) is 0.105. The normalized spacial score (nSPS) is 14.3. The van der Waals surface area contributed by atoms with Crippen LogP contribution in [0.1, 0.15) is 29.1 Å². The van der Waals surface area contributed by atoms with Crippen LogP contribution in [0.15, 0.2) is 114 Å². The van der Waals surface area contributed by atoms with Crippen LogP contribution in [0.5, 0.6) is 0 Å². The summed E-state index contributed by atoms with van der Waals surface area (Å²) in [6.07, 6.45) is 1.97. The van der Waals surface area contributed by atoms with E-state index in [4.69, 9.17) is 4.42 Å². The van der Waals surface area contributed by atoms with Gasteiger partial charge >= 0.3 is 0 Å². The van der Waals surface area contributed by atoms with Crippen LogP contribution < -0.4 is 11.0 Å². The third-order valence-electron chi connectivity index (χ3n) is 9.19. The van der Waals surface area contributed by atoms with Crippen LogP contribution in [0.25, 0.3) is 53.2 Å². The Labute approximate surface area is 254 Å². The molecule has 0 radical (unpaired) electrons. The summed E-state index contributed by atoms with van der Waals surface area (Å²) in [7, 11) is 0.922. The van der Waals surface area contributed by atoms with Gasteiger partial charge in [-0.3, -0.25) is 0 Å². The topological polar surface area (TPSA) is 41.0 Å². The van der Waals surface area contributed by atoms with Crippen molar-refractivity contribution in [1.29, 1.82) is 0 Å². The van der Waals surface area contributed by atoms with Crippen molar-refractivity contribution < 1.29 is 4.42 Å². The highest BCUT2D eigenvalue weighted by Gasteiger charge is 2.31. The van der Waals surface area contributed by atoms with Gasteiger partial charge in [-0.05, 0) is 73.1 Å². The van der Waals surface area contributed by atoms with Gasteiger partial charge in [0.15, 0.2) is 0 Å². The summed E-state index contributed by atoms with van der Waals surface area (Å²) in [5, 5.41) is 8.92. The minimum atomic E-state index is 0.386. The Kier molecular flexibility index (Phi) is 5.57. The van der Waals surface area contributed by atoms with E-state index in [-0.39, 0.29) is 0 Å². The fourth-order valence-electron chi connectivity index (χ4n) is 7.16. The quantitative estimate of drug-likeness (QED) is 0.202. The van der Waals surface area contributed by atoms with Crippen LogP contribution in [0, 0.1) is 6.92 Å². The molecule has 0 fully saturated rings. The van der Waals surface area contributed by atoms with Gasteiger partial charge < -0.3 is 14.7 Å². The molecule has 1 unspecified atom stereocenters. The van der Waals surface area contributed by atoms with Crippen molar-refractivity contribution in [3.8, 4) is 11.1 Å². The maximum atomic E-state index is 6.46. The Balaban J connectivity index is 1.08. The number of H-pyrrole nitrogens is 1. The number of thiophene rings is 1. The lowest BCUT2D eigenvalue weighted by Crippen LogP contribution is -2.28. The van der Waals surface area contributed by atoms with Crippen molar-refractivity contribution in [2.75, 3.05) is 5.32 Å². The van der Waals surface area contributed by atoms with Crippen molar-refractivity contribution >= 4 is 77.7 Å². The predicted molar refractivity (Wildman–Crippen MR) is 185 cm³/mol. The fourth-order valence-corrected chi connectivity index (χ4v) is 8.25. The van der Waals surface area contributed by atoms with E-state index in [1.54, 1.807) is 0 Å². The molecule has 3 nitrogen and oxygen atoms in total. The lowest BCUT2D eigenvalue weighted by atomic mass is 9.52. The van der Waals surface area contributed by atoms with Gasteiger partial charge in [0.2, 0.25) is 7.28 Å². The van der Waals surface area contributed by atoms with Gasteiger partial charge in [-0.1, -0.05) is 78.4 Å². The summed E-state index contributed by atoms with van der Waals surface area (Å²) in [6.45, 7) is 2.19. The number of rotatable bonds is 5. The van der Waals surface area contributed by atoms with E-state index >= 15 is 0 Å². The van der Waals surface area contributed by atoms with Gasteiger partial charge in [-0.2, -0.15) is 0 Å². The smallest absolute Gasteiger partial charge is 0.213 e. The number of fused-ring (bicyclic) bond motifs is 9. The number of hydrogen-bond donors (Lipinski definition) is 2. The molecule has 1 aliphatic rings. The molecule has 0 bridgehead atoms. The van der Waals surface area contributed by atoms with Gasteiger partial charge in [0.25, 0.3) is 0 Å². The second kappa shape index (κ2) is 9.65. The van der Waals surface area contributed by atoms with E-state index in [0.29, 0.717) is 5.82 Å². The molecule has 8 aromatic rings. The highest BCUT2D eigenvalue weighted by atomic mass is 32.1. The molecule has 0 aliphatic carbocycles. The van der Waals surface area contributed by atoms with Gasteiger partial charge in [0, 0.05) is 53.4 Å². The monoisotopic (exact) mass is 572 g/mol. The highest BCUT2D eigenvalue weighted by molar-refractivity contribution is 7.25. The average molecular weight is 573 g/mol. The molecule has 1 atom stereocenters. The zero-order valence-corrected chi connectivity index (χ0v) is 24.7. The first-order valence-corrected chi connectivity index (χ1v) is 15.9. The molecule has 5 heteroatoms. The second-order valence-electron chi connectivity index (χ2n) is 11.9. The number of aryl methyl sites for hydroxylation is 2. The average Bonchev–Trinajstić information content (AvgIpc) is 3.71. The molecule has 9 rings (SSSR count). The van der Waals surface area contributed by atoms with E-state index in [9.17, 15) is 0 Å². The lowest BCUT2D eigenvalue weighted by Gasteiger charge is -2.25. The number of aromatic amines is 1. The zero-order chi connectivity index (χ0) is 28.5. The van der Waals surface area contributed by atoms with E-state index in [1.165, 1.54) is 70.1 Å². The molecule has 5 aromatic carbocycles. The Morgan fingerprint density at radius 3 is 2.51 bits per heavy atom. The third kappa shape index (κ3) is 4.03. The van der Waals surface area contributed by atoms with Crippen molar-refractivity contribution in [2.24, 2.45) is 0 Å². The van der Waals surface area contributed by atoms with Crippen LogP contribution in [-0.2, 0) is 6.42 Å². The first-order chi connectivity index (χ1) is 21.2. The molecule has 2 N–H and O–H groups in total. The minimum absolute atomic E-state index is 0.386. The standard InChI is InChI=1S/C38H29BN2OS/c1-22-14-16-24-29(20-22)36-27-10-3-6-12-33(27)42-38(36)39-30(24)17-18-32-37(26-9-2-5-11-31(26)41-32)40-23-15-19-35-28(21-23)25-8-4-7-13-34(25)43-35/h2-16,19-21,30,39-41H,17-18H2,1H3. The number of furan rings is 1. The molecule has 0 spiro atoms. The van der Waals surface area contributed by atoms with Crippen molar-refractivity contribution in [1.82, 2.24) is 4.98 Å². The van der Waals surface area contributed by atoms with Crippen molar-refractivity contribution in [3.05, 3.63) is 126 Å². The largest absolute Gasteiger partial charge is 0.471 e. The number of hydrogen-bond acceptors (Lipinski definition) is 3. The van der Waals surface area contributed by atoms with Gasteiger partial charge in [0.1, 0.15) is 5.58 Å². The van der Waals surface area contributed by atoms with Crippen LogP contribution in [0.3, 0.4) is 0 Å². The Hall–Kier alpha value is -4.74. The highest BCUT2D eigenvalue weighted by Crippen LogP contribution is 2.41.